The normalized spacial score (nSPS) is 17.6. The lowest BCUT2D eigenvalue weighted by atomic mass is 9.76. The topological polar surface area (TPSA) is 12.0 Å². The molecule has 0 spiro atoms. The van der Waals surface area contributed by atoms with Crippen LogP contribution in [0.2, 0.25) is 0 Å². The molecular weight excluding hydrogens is 225 g/mol. The quantitative estimate of drug-likeness (QED) is 0.821. The van der Waals surface area contributed by atoms with Gasteiger partial charge in [-0.2, -0.15) is 0 Å². The largest absolute Gasteiger partial charge is 0.310 e. The summed E-state index contributed by atoms with van der Waals surface area (Å²) < 4.78 is 14.3. The third-order valence-electron chi connectivity index (χ3n) is 4.03. The van der Waals surface area contributed by atoms with Crippen LogP contribution < -0.4 is 5.32 Å². The molecular formula is C16H24FN. The molecule has 0 heterocycles. The molecule has 1 N–H and O–H groups in total. The summed E-state index contributed by atoms with van der Waals surface area (Å²) in [4.78, 5) is 0. The van der Waals surface area contributed by atoms with Gasteiger partial charge in [0.05, 0.1) is 0 Å². The zero-order chi connectivity index (χ0) is 13.1. The monoisotopic (exact) mass is 249 g/mol. The van der Waals surface area contributed by atoms with Gasteiger partial charge in [0.1, 0.15) is 5.82 Å². The smallest absolute Gasteiger partial charge is 0.128 e. The second-order valence-electron chi connectivity index (χ2n) is 5.60. The highest BCUT2D eigenvalue weighted by Gasteiger charge is 2.30. The number of rotatable bonds is 5. The SMILES string of the molecule is CCCNC(c1c(C)cc(C)cc1F)C1CCC1. The molecule has 0 amide bonds. The molecule has 1 fully saturated rings. The third kappa shape index (κ3) is 2.74. The minimum absolute atomic E-state index is 0.0343. The molecule has 100 valence electrons. The van der Waals surface area contributed by atoms with Crippen molar-refractivity contribution >= 4 is 0 Å². The maximum atomic E-state index is 14.3. The van der Waals surface area contributed by atoms with Crippen LogP contribution in [0.3, 0.4) is 0 Å². The summed E-state index contributed by atoms with van der Waals surface area (Å²) in [6, 6.07) is 3.97. The van der Waals surface area contributed by atoms with Crippen LogP contribution >= 0.6 is 0 Å². The molecule has 1 nitrogen and oxygen atoms in total. The average molecular weight is 249 g/mol. The van der Waals surface area contributed by atoms with Crippen LogP contribution in [0.5, 0.6) is 0 Å². The molecule has 1 aromatic carbocycles. The fourth-order valence-corrected chi connectivity index (χ4v) is 2.90. The highest BCUT2D eigenvalue weighted by Crippen LogP contribution is 2.39. The van der Waals surface area contributed by atoms with Gasteiger partial charge in [-0.25, -0.2) is 4.39 Å². The fourth-order valence-electron chi connectivity index (χ4n) is 2.90. The van der Waals surface area contributed by atoms with Gasteiger partial charge in [0.2, 0.25) is 0 Å². The van der Waals surface area contributed by atoms with E-state index in [-0.39, 0.29) is 11.9 Å². The number of hydrogen-bond donors (Lipinski definition) is 1. The molecule has 1 aliphatic rings. The molecule has 1 unspecified atom stereocenters. The van der Waals surface area contributed by atoms with Crippen LogP contribution in [-0.2, 0) is 0 Å². The maximum Gasteiger partial charge on any atom is 0.128 e. The lowest BCUT2D eigenvalue weighted by Gasteiger charge is -2.36. The van der Waals surface area contributed by atoms with E-state index in [4.69, 9.17) is 0 Å². The molecule has 0 saturated heterocycles. The molecule has 0 aromatic heterocycles. The van der Waals surface area contributed by atoms with Gasteiger partial charge in [0, 0.05) is 11.6 Å². The van der Waals surface area contributed by atoms with Crippen molar-refractivity contribution in [2.45, 2.75) is 52.5 Å². The Kier molecular flexibility index (Phi) is 4.39. The second-order valence-corrected chi connectivity index (χ2v) is 5.60. The van der Waals surface area contributed by atoms with Crippen molar-refractivity contribution in [2.75, 3.05) is 6.54 Å². The molecule has 18 heavy (non-hydrogen) atoms. The molecule has 1 aromatic rings. The first kappa shape index (κ1) is 13.5. The van der Waals surface area contributed by atoms with E-state index in [1.807, 2.05) is 13.8 Å². The van der Waals surface area contributed by atoms with E-state index in [1.165, 1.54) is 19.3 Å². The molecule has 0 aliphatic heterocycles. The number of benzene rings is 1. The minimum Gasteiger partial charge on any atom is -0.310 e. The molecule has 2 heteroatoms. The van der Waals surface area contributed by atoms with E-state index >= 15 is 0 Å². The summed E-state index contributed by atoms with van der Waals surface area (Å²) in [5.74, 6) is 0.584. The van der Waals surface area contributed by atoms with Crippen LogP contribution in [-0.4, -0.2) is 6.54 Å². The lowest BCUT2D eigenvalue weighted by molar-refractivity contribution is 0.226. The van der Waals surface area contributed by atoms with Crippen LogP contribution in [0.4, 0.5) is 4.39 Å². The highest BCUT2D eigenvalue weighted by molar-refractivity contribution is 5.35. The van der Waals surface area contributed by atoms with Crippen LogP contribution in [0.25, 0.3) is 0 Å². The number of aryl methyl sites for hydroxylation is 2. The second kappa shape index (κ2) is 5.83. The Labute approximate surface area is 110 Å². The molecule has 1 aliphatic carbocycles. The minimum atomic E-state index is -0.0343. The van der Waals surface area contributed by atoms with Crippen molar-refractivity contribution in [2.24, 2.45) is 5.92 Å². The Morgan fingerprint density at radius 3 is 2.56 bits per heavy atom. The Morgan fingerprint density at radius 2 is 2.06 bits per heavy atom. The van der Waals surface area contributed by atoms with Gasteiger partial charge in [-0.05, 0) is 62.8 Å². The number of halogens is 1. The summed E-state index contributed by atoms with van der Waals surface area (Å²) in [5, 5.41) is 3.55. The van der Waals surface area contributed by atoms with E-state index in [9.17, 15) is 4.39 Å². The lowest BCUT2D eigenvalue weighted by Crippen LogP contribution is -2.33. The Bertz CT molecular complexity index is 387. The zero-order valence-corrected chi connectivity index (χ0v) is 11.7. The molecule has 1 saturated carbocycles. The van der Waals surface area contributed by atoms with E-state index in [2.05, 4.69) is 18.3 Å². The number of nitrogens with one attached hydrogen (secondary N) is 1. The van der Waals surface area contributed by atoms with Crippen molar-refractivity contribution in [3.63, 3.8) is 0 Å². The predicted octanol–water partition coefficient (Wildman–Crippen LogP) is 4.28. The van der Waals surface area contributed by atoms with Crippen LogP contribution in [0.1, 0.15) is 55.3 Å². The van der Waals surface area contributed by atoms with Crippen LogP contribution in [0, 0.1) is 25.6 Å². The van der Waals surface area contributed by atoms with Crippen molar-refractivity contribution in [1.29, 1.82) is 0 Å². The molecule has 2 rings (SSSR count). The van der Waals surface area contributed by atoms with Gasteiger partial charge in [-0.1, -0.05) is 19.4 Å². The van der Waals surface area contributed by atoms with Crippen molar-refractivity contribution in [3.8, 4) is 0 Å². The molecule has 0 bridgehead atoms. The third-order valence-corrected chi connectivity index (χ3v) is 4.03. The predicted molar refractivity (Wildman–Crippen MR) is 74.2 cm³/mol. The van der Waals surface area contributed by atoms with Crippen molar-refractivity contribution < 1.29 is 4.39 Å². The summed E-state index contributed by atoms with van der Waals surface area (Å²) in [5.41, 5.74) is 3.00. The first-order valence-corrected chi connectivity index (χ1v) is 7.13. The van der Waals surface area contributed by atoms with Crippen LogP contribution in [0.15, 0.2) is 12.1 Å². The zero-order valence-electron chi connectivity index (χ0n) is 11.7. The first-order valence-electron chi connectivity index (χ1n) is 7.13. The highest BCUT2D eigenvalue weighted by atomic mass is 19.1. The summed E-state index contributed by atoms with van der Waals surface area (Å²) >= 11 is 0. The average Bonchev–Trinajstić information content (AvgIpc) is 2.21. The Morgan fingerprint density at radius 1 is 1.33 bits per heavy atom. The van der Waals surface area contributed by atoms with Gasteiger partial charge in [0.25, 0.3) is 0 Å². The van der Waals surface area contributed by atoms with Gasteiger partial charge in [-0.15, -0.1) is 0 Å². The van der Waals surface area contributed by atoms with E-state index < -0.39 is 0 Å². The number of hydrogen-bond acceptors (Lipinski definition) is 1. The van der Waals surface area contributed by atoms with Gasteiger partial charge in [-0.3, -0.25) is 0 Å². The Balaban J connectivity index is 2.28. The standard InChI is InChI=1S/C16H24FN/c1-4-8-18-16(13-6-5-7-13)15-12(3)9-11(2)10-14(15)17/h9-10,13,16,18H,4-8H2,1-3H3. The van der Waals surface area contributed by atoms with E-state index in [1.54, 1.807) is 6.07 Å². The van der Waals surface area contributed by atoms with Gasteiger partial charge in [0.15, 0.2) is 0 Å². The maximum absolute atomic E-state index is 14.3. The first-order chi connectivity index (χ1) is 8.63. The van der Waals surface area contributed by atoms with Crippen molar-refractivity contribution in [1.82, 2.24) is 5.32 Å². The summed E-state index contributed by atoms with van der Waals surface area (Å²) in [7, 11) is 0. The summed E-state index contributed by atoms with van der Waals surface area (Å²) in [6.07, 6.45) is 4.85. The molecule has 0 radical (unpaired) electrons. The Hall–Kier alpha value is -0.890. The van der Waals surface area contributed by atoms with Gasteiger partial charge < -0.3 is 5.32 Å². The van der Waals surface area contributed by atoms with E-state index in [0.29, 0.717) is 5.92 Å². The molecule has 1 atom stereocenters. The van der Waals surface area contributed by atoms with E-state index in [0.717, 1.165) is 29.7 Å². The summed E-state index contributed by atoms with van der Waals surface area (Å²) in [6.45, 7) is 7.11. The fraction of sp³-hybridized carbons (Fsp3) is 0.625. The van der Waals surface area contributed by atoms with Crippen molar-refractivity contribution in [3.05, 3.63) is 34.6 Å². The van der Waals surface area contributed by atoms with Gasteiger partial charge >= 0.3 is 0 Å².